The number of rotatable bonds is 3. The van der Waals surface area contributed by atoms with Crippen molar-refractivity contribution in [3.63, 3.8) is 0 Å². The molecule has 1 saturated heterocycles. The summed E-state index contributed by atoms with van der Waals surface area (Å²) in [4.78, 5) is 0. The van der Waals surface area contributed by atoms with Crippen molar-refractivity contribution in [2.24, 2.45) is 5.73 Å². The molecule has 1 heterocycles. The fraction of sp³-hybridized carbons (Fsp3) is 1.00. The second-order valence-corrected chi connectivity index (χ2v) is 2.79. The van der Waals surface area contributed by atoms with E-state index in [9.17, 15) is 5.11 Å². The quantitative estimate of drug-likeness (QED) is 0.524. The van der Waals surface area contributed by atoms with Crippen LogP contribution in [0.3, 0.4) is 0 Å². The number of nitrogens with two attached hydrogens (primary N) is 1. The van der Waals surface area contributed by atoms with Crippen LogP contribution in [0, 0.1) is 0 Å². The normalized spacial score (nSPS) is 36.2. The predicted octanol–water partition coefficient (Wildman–Crippen LogP) is -1.31. The Morgan fingerprint density at radius 3 is 2.42 bits per heavy atom. The number of hydrogen-bond acceptors (Lipinski definition) is 5. The molecular weight excluding hydrogens is 162 g/mol. The molecule has 1 aliphatic rings. The van der Waals surface area contributed by atoms with E-state index in [0.29, 0.717) is 6.61 Å². The van der Waals surface area contributed by atoms with Gasteiger partial charge in [-0.25, -0.2) is 0 Å². The van der Waals surface area contributed by atoms with E-state index in [4.69, 9.17) is 19.9 Å². The van der Waals surface area contributed by atoms with Crippen molar-refractivity contribution >= 4 is 0 Å². The van der Waals surface area contributed by atoms with E-state index in [1.165, 1.54) is 14.2 Å². The molecule has 5 heteroatoms. The Labute approximate surface area is 71.4 Å². The van der Waals surface area contributed by atoms with Crippen LogP contribution >= 0.6 is 0 Å². The first-order valence-electron chi connectivity index (χ1n) is 3.81. The molecule has 12 heavy (non-hydrogen) atoms. The molecule has 5 nitrogen and oxygen atoms in total. The van der Waals surface area contributed by atoms with Crippen molar-refractivity contribution in [1.82, 2.24) is 0 Å². The van der Waals surface area contributed by atoms with E-state index in [0.717, 1.165) is 0 Å². The fourth-order valence-electron chi connectivity index (χ4n) is 1.27. The summed E-state index contributed by atoms with van der Waals surface area (Å²) in [7, 11) is 2.99. The first-order chi connectivity index (χ1) is 5.70. The zero-order chi connectivity index (χ0) is 9.14. The van der Waals surface area contributed by atoms with E-state index in [1.54, 1.807) is 0 Å². The highest BCUT2D eigenvalue weighted by atomic mass is 16.7. The van der Waals surface area contributed by atoms with Crippen LogP contribution in [0.2, 0.25) is 0 Å². The number of aliphatic hydroxyl groups excluding tert-OH is 1. The fourth-order valence-corrected chi connectivity index (χ4v) is 1.27. The van der Waals surface area contributed by atoms with Crippen LogP contribution in [0.15, 0.2) is 0 Å². The summed E-state index contributed by atoms with van der Waals surface area (Å²) in [5.41, 5.74) is 5.53. The lowest BCUT2D eigenvalue weighted by Gasteiger charge is -2.22. The van der Waals surface area contributed by atoms with Gasteiger partial charge in [0.2, 0.25) is 0 Å². The van der Waals surface area contributed by atoms with Gasteiger partial charge in [0.1, 0.15) is 12.2 Å². The number of aliphatic hydroxyl groups is 1. The lowest BCUT2D eigenvalue weighted by atomic mass is 10.1. The van der Waals surface area contributed by atoms with Gasteiger partial charge in [0.25, 0.3) is 0 Å². The van der Waals surface area contributed by atoms with Gasteiger partial charge in [-0.15, -0.1) is 0 Å². The Morgan fingerprint density at radius 1 is 1.50 bits per heavy atom. The third kappa shape index (κ3) is 1.75. The third-order valence-electron chi connectivity index (χ3n) is 1.99. The summed E-state index contributed by atoms with van der Waals surface area (Å²) in [5, 5.41) is 9.48. The summed E-state index contributed by atoms with van der Waals surface area (Å²) in [6, 6.07) is -0.345. The SMILES string of the molecule is COC(OC)[C@@H]1OC[C@H](N)[C@H]1O. The van der Waals surface area contributed by atoms with Gasteiger partial charge in [-0.2, -0.15) is 0 Å². The molecule has 3 N–H and O–H groups in total. The Balaban J connectivity index is 2.51. The zero-order valence-electron chi connectivity index (χ0n) is 7.27. The largest absolute Gasteiger partial charge is 0.388 e. The summed E-state index contributed by atoms with van der Waals surface area (Å²) in [6.45, 7) is 0.342. The molecule has 0 bridgehead atoms. The smallest absolute Gasteiger partial charge is 0.185 e. The van der Waals surface area contributed by atoms with Crippen LogP contribution in [0.25, 0.3) is 0 Å². The molecule has 0 aliphatic carbocycles. The predicted molar refractivity (Wildman–Crippen MR) is 41.5 cm³/mol. The molecule has 0 spiro atoms. The van der Waals surface area contributed by atoms with Crippen LogP contribution in [-0.2, 0) is 14.2 Å². The molecule has 0 unspecified atom stereocenters. The molecule has 0 aromatic heterocycles. The lowest BCUT2D eigenvalue weighted by Crippen LogP contribution is -2.43. The maximum absolute atomic E-state index is 9.48. The average molecular weight is 177 g/mol. The first-order valence-corrected chi connectivity index (χ1v) is 3.81. The number of ether oxygens (including phenoxy) is 3. The Morgan fingerprint density at radius 2 is 2.08 bits per heavy atom. The Hall–Kier alpha value is -0.200. The van der Waals surface area contributed by atoms with E-state index in [-0.39, 0.29) is 6.04 Å². The summed E-state index contributed by atoms with van der Waals surface area (Å²) in [5.74, 6) is 0. The number of hydrogen-bond donors (Lipinski definition) is 2. The molecule has 0 saturated carbocycles. The minimum Gasteiger partial charge on any atom is -0.388 e. The van der Waals surface area contributed by atoms with Crippen LogP contribution in [0.1, 0.15) is 0 Å². The highest BCUT2D eigenvalue weighted by molar-refractivity contribution is 4.87. The number of methoxy groups -OCH3 is 2. The van der Waals surface area contributed by atoms with Crippen LogP contribution in [0.5, 0.6) is 0 Å². The van der Waals surface area contributed by atoms with Crippen LogP contribution in [-0.4, -0.2) is 50.5 Å². The van der Waals surface area contributed by atoms with Crippen molar-refractivity contribution in [3.05, 3.63) is 0 Å². The lowest BCUT2D eigenvalue weighted by molar-refractivity contribution is -0.184. The highest BCUT2D eigenvalue weighted by Gasteiger charge is 2.39. The molecule has 0 radical (unpaired) electrons. The average Bonchev–Trinajstić information content (AvgIpc) is 2.38. The van der Waals surface area contributed by atoms with Gasteiger partial charge >= 0.3 is 0 Å². The molecule has 0 aromatic carbocycles. The van der Waals surface area contributed by atoms with Gasteiger partial charge < -0.3 is 25.1 Å². The van der Waals surface area contributed by atoms with E-state index in [1.807, 2.05) is 0 Å². The third-order valence-corrected chi connectivity index (χ3v) is 1.99. The Kier molecular flexibility index (Phi) is 3.42. The van der Waals surface area contributed by atoms with Crippen LogP contribution < -0.4 is 5.73 Å². The summed E-state index contributed by atoms with van der Waals surface area (Å²) in [6.07, 6.45) is -1.74. The summed E-state index contributed by atoms with van der Waals surface area (Å²) >= 11 is 0. The molecule has 1 aliphatic heterocycles. The van der Waals surface area contributed by atoms with E-state index in [2.05, 4.69) is 0 Å². The molecule has 1 fully saturated rings. The molecule has 0 amide bonds. The standard InChI is InChI=1S/C7H15NO4/c1-10-7(11-2)6-5(9)4(8)3-12-6/h4-7,9H,3,8H2,1-2H3/t4-,5+,6+/m0/s1. The Bertz CT molecular complexity index is 139. The van der Waals surface area contributed by atoms with Gasteiger partial charge in [0, 0.05) is 14.2 Å². The molecular formula is C7H15NO4. The topological polar surface area (TPSA) is 73.9 Å². The van der Waals surface area contributed by atoms with E-state index >= 15 is 0 Å². The summed E-state index contributed by atoms with van der Waals surface area (Å²) < 4.78 is 15.1. The monoisotopic (exact) mass is 177 g/mol. The second kappa shape index (κ2) is 4.15. The highest BCUT2D eigenvalue weighted by Crippen LogP contribution is 2.18. The van der Waals surface area contributed by atoms with Crippen molar-refractivity contribution < 1.29 is 19.3 Å². The maximum Gasteiger partial charge on any atom is 0.185 e. The molecule has 72 valence electrons. The van der Waals surface area contributed by atoms with Crippen molar-refractivity contribution in [2.45, 2.75) is 24.5 Å². The van der Waals surface area contributed by atoms with Crippen molar-refractivity contribution in [1.29, 1.82) is 0 Å². The molecule has 1 rings (SSSR count). The van der Waals surface area contributed by atoms with Gasteiger partial charge in [0.15, 0.2) is 6.29 Å². The molecule has 0 aromatic rings. The minimum atomic E-state index is -0.713. The van der Waals surface area contributed by atoms with Gasteiger partial charge in [-0.1, -0.05) is 0 Å². The van der Waals surface area contributed by atoms with Crippen molar-refractivity contribution in [2.75, 3.05) is 20.8 Å². The van der Waals surface area contributed by atoms with Gasteiger partial charge in [0.05, 0.1) is 12.6 Å². The van der Waals surface area contributed by atoms with Gasteiger partial charge in [-0.05, 0) is 0 Å². The van der Waals surface area contributed by atoms with Crippen LogP contribution in [0.4, 0.5) is 0 Å². The van der Waals surface area contributed by atoms with Crippen molar-refractivity contribution in [3.8, 4) is 0 Å². The second-order valence-electron chi connectivity index (χ2n) is 2.79. The maximum atomic E-state index is 9.48. The minimum absolute atomic E-state index is 0.342. The first kappa shape index (κ1) is 9.88. The van der Waals surface area contributed by atoms with Gasteiger partial charge in [-0.3, -0.25) is 0 Å². The molecule has 3 atom stereocenters. The zero-order valence-corrected chi connectivity index (χ0v) is 7.27. The van der Waals surface area contributed by atoms with E-state index < -0.39 is 18.5 Å².